The van der Waals surface area contributed by atoms with Gasteiger partial charge in [-0.05, 0) is 47.4 Å². The highest BCUT2D eigenvalue weighted by Crippen LogP contribution is 2.22. The van der Waals surface area contributed by atoms with Crippen molar-refractivity contribution in [3.8, 4) is 5.75 Å². The van der Waals surface area contributed by atoms with Crippen LogP contribution >= 0.6 is 11.3 Å². The number of nitrogens with zero attached hydrogens (tertiary/aromatic N) is 1. The molecule has 3 aromatic rings. The smallest absolute Gasteiger partial charge is 0.257 e. The van der Waals surface area contributed by atoms with Crippen LogP contribution in [0.4, 0.5) is 9.52 Å². The predicted octanol–water partition coefficient (Wildman–Crippen LogP) is 5.74. The molecule has 2 aromatic carbocycles. The third-order valence-electron chi connectivity index (χ3n) is 3.77. The molecule has 1 aromatic heterocycles. The van der Waals surface area contributed by atoms with E-state index >= 15 is 0 Å². The highest BCUT2D eigenvalue weighted by Gasteiger charge is 2.11. The van der Waals surface area contributed by atoms with Crippen molar-refractivity contribution in [2.75, 3.05) is 11.9 Å². The standard InChI is InChI=1S/C22H21FN2O2S/c1-15(2)14-27-20-12-17(4-3-16-5-7-19(23)8-6-16)11-18(13-20)21(26)25-22-24-9-10-28-22/h3-13,15H,14H2,1-2H3,(H,24,25,26). The Morgan fingerprint density at radius 3 is 2.61 bits per heavy atom. The van der Waals surface area contributed by atoms with E-state index in [1.165, 1.54) is 23.5 Å². The number of hydrogen-bond acceptors (Lipinski definition) is 4. The van der Waals surface area contributed by atoms with Gasteiger partial charge in [0.2, 0.25) is 0 Å². The second-order valence-corrected chi connectivity index (χ2v) is 7.57. The molecule has 1 N–H and O–H groups in total. The minimum absolute atomic E-state index is 0.249. The van der Waals surface area contributed by atoms with Gasteiger partial charge in [-0.1, -0.05) is 38.1 Å². The van der Waals surface area contributed by atoms with Gasteiger partial charge in [-0.25, -0.2) is 9.37 Å². The van der Waals surface area contributed by atoms with Gasteiger partial charge < -0.3 is 4.74 Å². The molecule has 0 unspecified atom stereocenters. The molecule has 0 fully saturated rings. The summed E-state index contributed by atoms with van der Waals surface area (Å²) in [5, 5.41) is 5.13. The van der Waals surface area contributed by atoms with E-state index in [-0.39, 0.29) is 11.7 Å². The van der Waals surface area contributed by atoms with Crippen molar-refractivity contribution >= 4 is 34.5 Å². The Hall–Kier alpha value is -2.99. The van der Waals surface area contributed by atoms with Gasteiger partial charge in [0, 0.05) is 17.1 Å². The average Bonchev–Trinajstić information content (AvgIpc) is 3.19. The van der Waals surface area contributed by atoms with E-state index in [1.807, 2.05) is 18.2 Å². The number of carbonyl (C=O) groups is 1. The largest absolute Gasteiger partial charge is 0.493 e. The van der Waals surface area contributed by atoms with Gasteiger partial charge in [-0.15, -0.1) is 11.3 Å². The van der Waals surface area contributed by atoms with Crippen LogP contribution < -0.4 is 10.1 Å². The summed E-state index contributed by atoms with van der Waals surface area (Å²) in [6.07, 6.45) is 5.37. The Morgan fingerprint density at radius 1 is 1.18 bits per heavy atom. The SMILES string of the molecule is CC(C)COc1cc(C=Cc2ccc(F)cc2)cc(C(=O)Nc2nccs2)c1. The maximum Gasteiger partial charge on any atom is 0.257 e. The maximum atomic E-state index is 13.1. The monoisotopic (exact) mass is 396 g/mol. The summed E-state index contributed by atoms with van der Waals surface area (Å²) < 4.78 is 18.9. The van der Waals surface area contributed by atoms with Crippen molar-refractivity contribution in [1.29, 1.82) is 0 Å². The van der Waals surface area contributed by atoms with Crippen LogP contribution in [0.15, 0.2) is 54.0 Å². The van der Waals surface area contributed by atoms with Crippen molar-refractivity contribution in [3.05, 3.63) is 76.5 Å². The summed E-state index contributed by atoms with van der Waals surface area (Å²) in [5.41, 5.74) is 2.16. The van der Waals surface area contributed by atoms with Crippen molar-refractivity contribution < 1.29 is 13.9 Å². The minimum atomic E-state index is -0.276. The zero-order valence-electron chi connectivity index (χ0n) is 15.7. The lowest BCUT2D eigenvalue weighted by atomic mass is 10.1. The number of carbonyl (C=O) groups excluding carboxylic acids is 1. The van der Waals surface area contributed by atoms with Crippen LogP contribution in [0.25, 0.3) is 12.2 Å². The van der Waals surface area contributed by atoms with Gasteiger partial charge in [-0.2, -0.15) is 0 Å². The average molecular weight is 396 g/mol. The summed E-state index contributed by atoms with van der Waals surface area (Å²) in [6, 6.07) is 11.6. The summed E-state index contributed by atoms with van der Waals surface area (Å²) in [4.78, 5) is 16.7. The Balaban J connectivity index is 1.85. The van der Waals surface area contributed by atoms with Gasteiger partial charge in [0.25, 0.3) is 5.91 Å². The topological polar surface area (TPSA) is 51.2 Å². The van der Waals surface area contributed by atoms with Crippen molar-refractivity contribution in [1.82, 2.24) is 4.98 Å². The Kier molecular flexibility index (Phi) is 6.55. The lowest BCUT2D eigenvalue weighted by molar-refractivity contribution is 0.102. The van der Waals surface area contributed by atoms with Gasteiger partial charge in [-0.3, -0.25) is 10.1 Å². The number of amides is 1. The molecule has 28 heavy (non-hydrogen) atoms. The van der Waals surface area contributed by atoms with E-state index in [4.69, 9.17) is 4.74 Å². The van der Waals surface area contributed by atoms with Gasteiger partial charge >= 0.3 is 0 Å². The molecular formula is C22H21FN2O2S. The molecule has 0 aliphatic heterocycles. The number of thiazole rings is 1. The lowest BCUT2D eigenvalue weighted by Crippen LogP contribution is -2.12. The zero-order chi connectivity index (χ0) is 19.9. The molecule has 0 radical (unpaired) electrons. The molecule has 0 saturated carbocycles. The summed E-state index contributed by atoms with van der Waals surface area (Å²) in [5.74, 6) is 0.467. The van der Waals surface area contributed by atoms with Crippen molar-refractivity contribution in [3.63, 3.8) is 0 Å². The van der Waals surface area contributed by atoms with E-state index in [1.54, 1.807) is 35.8 Å². The second-order valence-electron chi connectivity index (χ2n) is 6.67. The molecule has 0 atom stereocenters. The second kappa shape index (κ2) is 9.28. The summed E-state index contributed by atoms with van der Waals surface area (Å²) in [6.45, 7) is 4.68. The van der Waals surface area contributed by atoms with E-state index in [0.29, 0.717) is 29.0 Å². The van der Waals surface area contributed by atoms with E-state index in [9.17, 15) is 9.18 Å². The summed E-state index contributed by atoms with van der Waals surface area (Å²) >= 11 is 1.36. The number of nitrogens with one attached hydrogen (secondary N) is 1. The van der Waals surface area contributed by atoms with E-state index in [0.717, 1.165) is 11.1 Å². The van der Waals surface area contributed by atoms with Crippen LogP contribution in [0.2, 0.25) is 0 Å². The third-order valence-corrected chi connectivity index (χ3v) is 4.45. The molecule has 0 aliphatic carbocycles. The summed E-state index contributed by atoms with van der Waals surface area (Å²) in [7, 11) is 0. The zero-order valence-corrected chi connectivity index (χ0v) is 16.5. The number of aromatic nitrogens is 1. The molecule has 0 spiro atoms. The lowest BCUT2D eigenvalue weighted by Gasteiger charge is -2.11. The molecule has 0 bridgehead atoms. The van der Waals surface area contributed by atoms with Crippen LogP contribution in [0.5, 0.6) is 5.75 Å². The van der Waals surface area contributed by atoms with Crippen molar-refractivity contribution in [2.24, 2.45) is 5.92 Å². The Labute approximate surface area is 167 Å². The fourth-order valence-electron chi connectivity index (χ4n) is 2.42. The first kappa shape index (κ1) is 19.8. The fourth-order valence-corrected chi connectivity index (χ4v) is 2.94. The fraction of sp³-hybridized carbons (Fsp3) is 0.182. The number of ether oxygens (including phenoxy) is 1. The molecule has 4 nitrogen and oxygen atoms in total. The number of rotatable bonds is 7. The van der Waals surface area contributed by atoms with E-state index < -0.39 is 0 Å². The van der Waals surface area contributed by atoms with Crippen LogP contribution in [-0.2, 0) is 0 Å². The molecule has 3 rings (SSSR count). The van der Waals surface area contributed by atoms with Crippen LogP contribution in [0, 0.1) is 11.7 Å². The van der Waals surface area contributed by atoms with Crippen molar-refractivity contribution in [2.45, 2.75) is 13.8 Å². The van der Waals surface area contributed by atoms with Crippen LogP contribution in [0.1, 0.15) is 35.3 Å². The predicted molar refractivity (Wildman–Crippen MR) is 112 cm³/mol. The molecule has 0 aliphatic rings. The third kappa shape index (κ3) is 5.76. The number of anilines is 1. The molecule has 144 valence electrons. The molecular weight excluding hydrogens is 375 g/mol. The first-order valence-electron chi connectivity index (χ1n) is 8.92. The van der Waals surface area contributed by atoms with E-state index in [2.05, 4.69) is 24.1 Å². The Bertz CT molecular complexity index is 951. The van der Waals surface area contributed by atoms with Gasteiger partial charge in [0.15, 0.2) is 5.13 Å². The van der Waals surface area contributed by atoms with Crippen LogP contribution in [-0.4, -0.2) is 17.5 Å². The number of benzene rings is 2. The van der Waals surface area contributed by atoms with Crippen LogP contribution in [0.3, 0.4) is 0 Å². The minimum Gasteiger partial charge on any atom is -0.493 e. The van der Waals surface area contributed by atoms with Gasteiger partial charge in [0.1, 0.15) is 11.6 Å². The maximum absolute atomic E-state index is 13.1. The molecule has 6 heteroatoms. The highest BCUT2D eigenvalue weighted by molar-refractivity contribution is 7.13. The quantitative estimate of drug-likeness (QED) is 0.518. The molecule has 0 saturated heterocycles. The molecule has 1 amide bonds. The first-order chi connectivity index (χ1) is 13.5. The Morgan fingerprint density at radius 2 is 1.93 bits per heavy atom. The highest BCUT2D eigenvalue weighted by atomic mass is 32.1. The molecule has 1 heterocycles. The first-order valence-corrected chi connectivity index (χ1v) is 9.80. The number of hydrogen-bond donors (Lipinski definition) is 1. The van der Waals surface area contributed by atoms with Gasteiger partial charge in [0.05, 0.1) is 6.61 Å². The number of halogens is 1. The normalized spacial score (nSPS) is 11.1.